The molecule has 0 aliphatic rings. The van der Waals surface area contributed by atoms with Crippen molar-refractivity contribution in [3.05, 3.63) is 124 Å². The summed E-state index contributed by atoms with van der Waals surface area (Å²) >= 11 is 0. The highest BCUT2D eigenvalue weighted by molar-refractivity contribution is 5.84. The van der Waals surface area contributed by atoms with Gasteiger partial charge in [0, 0.05) is 22.6 Å². The van der Waals surface area contributed by atoms with Gasteiger partial charge in [0.05, 0.1) is 11.1 Å². The maximum atomic E-state index is 14.6. The molecule has 0 heterocycles. The normalized spacial score (nSPS) is 10.5. The molecule has 1 nitrogen and oxygen atoms in total. The fourth-order valence-electron chi connectivity index (χ4n) is 3.24. The Morgan fingerprint density at radius 3 is 2.03 bits per heavy atom. The van der Waals surface area contributed by atoms with Crippen LogP contribution in [0.1, 0.15) is 29.2 Å². The summed E-state index contributed by atoms with van der Waals surface area (Å²) in [6, 6.07) is 15.8. The van der Waals surface area contributed by atoms with E-state index in [0.29, 0.717) is 28.9 Å². The first-order valence-electron chi connectivity index (χ1n) is 10.7. The van der Waals surface area contributed by atoms with Crippen molar-refractivity contribution in [3.63, 3.8) is 0 Å². The van der Waals surface area contributed by atoms with E-state index in [1.165, 1.54) is 36.4 Å². The van der Waals surface area contributed by atoms with Crippen molar-refractivity contribution in [2.75, 3.05) is 6.61 Å². The van der Waals surface area contributed by atoms with Crippen LogP contribution in [0.2, 0.25) is 0 Å². The first-order chi connectivity index (χ1) is 16.9. The smallest absolute Gasteiger partial charge is 0.166 e. The van der Waals surface area contributed by atoms with E-state index in [4.69, 9.17) is 4.74 Å². The Hall–Kier alpha value is -4.48. The molecule has 5 heteroatoms. The fraction of sp³-hybridized carbons (Fsp3) is 0.0667. The SMILES string of the molecule is C/C=C/COc1ccc(C#Cc2ccc(C#Cc3ccc4c(F)c(F)ccc4c3)c(F)c2)c(F)c1. The zero-order valence-electron chi connectivity index (χ0n) is 18.6. The molecule has 0 saturated heterocycles. The Morgan fingerprint density at radius 2 is 1.34 bits per heavy atom. The van der Waals surface area contributed by atoms with Gasteiger partial charge in [0.1, 0.15) is 24.0 Å². The third kappa shape index (κ3) is 5.72. The van der Waals surface area contributed by atoms with Crippen molar-refractivity contribution < 1.29 is 22.3 Å². The summed E-state index contributed by atoms with van der Waals surface area (Å²) in [5, 5.41) is 0.642. The number of ether oxygens (including phenoxy) is 1. The van der Waals surface area contributed by atoms with Crippen LogP contribution in [-0.2, 0) is 0 Å². The lowest BCUT2D eigenvalue weighted by atomic mass is 10.1. The molecule has 0 aromatic heterocycles. The van der Waals surface area contributed by atoms with Gasteiger partial charge < -0.3 is 4.74 Å². The van der Waals surface area contributed by atoms with E-state index in [9.17, 15) is 17.6 Å². The standard InChI is InChI=1S/C30H18F4O/c1-2-3-16-35-25-13-11-23(29(33)19-25)10-6-21-5-9-22(28(32)18-21)8-4-20-7-14-26-24(17-20)12-15-27(31)30(26)34/h2-3,5,7,9,11-15,17-19H,16H2,1H3/b3-2+. The lowest BCUT2D eigenvalue weighted by Gasteiger charge is -2.03. The molecule has 0 bridgehead atoms. The van der Waals surface area contributed by atoms with Gasteiger partial charge in [0.25, 0.3) is 0 Å². The van der Waals surface area contributed by atoms with Crippen LogP contribution < -0.4 is 4.74 Å². The first-order valence-corrected chi connectivity index (χ1v) is 10.7. The van der Waals surface area contributed by atoms with Gasteiger partial charge in [-0.2, -0.15) is 0 Å². The minimum atomic E-state index is -0.921. The molecule has 0 saturated carbocycles. The predicted octanol–water partition coefficient (Wildman–Crippen LogP) is 7.15. The third-order valence-electron chi connectivity index (χ3n) is 5.08. The van der Waals surface area contributed by atoms with Crippen LogP contribution in [0.15, 0.2) is 78.9 Å². The minimum absolute atomic E-state index is 0.148. The molecule has 35 heavy (non-hydrogen) atoms. The highest BCUT2D eigenvalue weighted by Crippen LogP contribution is 2.21. The van der Waals surface area contributed by atoms with Gasteiger partial charge in [-0.1, -0.05) is 48.0 Å². The van der Waals surface area contributed by atoms with E-state index in [-0.39, 0.29) is 16.5 Å². The van der Waals surface area contributed by atoms with Gasteiger partial charge >= 0.3 is 0 Å². The summed E-state index contributed by atoms with van der Waals surface area (Å²) in [5.41, 5.74) is 1.21. The summed E-state index contributed by atoms with van der Waals surface area (Å²) in [7, 11) is 0. The first kappa shape index (κ1) is 23.7. The van der Waals surface area contributed by atoms with Crippen molar-refractivity contribution >= 4 is 10.8 Å². The van der Waals surface area contributed by atoms with Gasteiger partial charge in [-0.15, -0.1) is 0 Å². The summed E-state index contributed by atoms with van der Waals surface area (Å²) in [5.74, 6) is 8.46. The number of benzene rings is 4. The van der Waals surface area contributed by atoms with Crippen LogP contribution >= 0.6 is 0 Å². The molecule has 0 atom stereocenters. The number of hydrogen-bond donors (Lipinski definition) is 0. The Balaban J connectivity index is 1.51. The zero-order valence-corrected chi connectivity index (χ0v) is 18.6. The van der Waals surface area contributed by atoms with Crippen molar-refractivity contribution in [2.45, 2.75) is 6.92 Å². The molecular weight excluding hydrogens is 452 g/mol. The molecule has 0 aliphatic carbocycles. The van der Waals surface area contributed by atoms with E-state index in [1.54, 1.807) is 30.3 Å². The van der Waals surface area contributed by atoms with Crippen molar-refractivity contribution in [2.24, 2.45) is 0 Å². The van der Waals surface area contributed by atoms with Crippen molar-refractivity contribution in [1.82, 2.24) is 0 Å². The molecule has 4 aromatic rings. The van der Waals surface area contributed by atoms with Gasteiger partial charge in [0.15, 0.2) is 11.6 Å². The number of fused-ring (bicyclic) bond motifs is 1. The van der Waals surface area contributed by atoms with Crippen LogP contribution in [0.25, 0.3) is 10.8 Å². The molecule has 0 spiro atoms. The van der Waals surface area contributed by atoms with Crippen molar-refractivity contribution in [3.8, 4) is 29.4 Å². The average molecular weight is 470 g/mol. The highest BCUT2D eigenvalue weighted by atomic mass is 19.2. The molecule has 4 rings (SSSR count). The molecule has 4 aromatic carbocycles. The van der Waals surface area contributed by atoms with Gasteiger partial charge in [-0.25, -0.2) is 17.6 Å². The molecular formula is C30H18F4O. The summed E-state index contributed by atoms with van der Waals surface area (Å²) < 4.78 is 61.4. The molecule has 0 N–H and O–H groups in total. The van der Waals surface area contributed by atoms with Crippen LogP contribution in [0, 0.1) is 47.0 Å². The summed E-state index contributed by atoms with van der Waals surface area (Å²) in [6.07, 6.45) is 3.64. The van der Waals surface area contributed by atoms with Crippen LogP contribution in [0.5, 0.6) is 5.75 Å². The number of halogens is 4. The average Bonchev–Trinajstić information content (AvgIpc) is 2.85. The van der Waals surface area contributed by atoms with E-state index in [1.807, 2.05) is 13.0 Å². The topological polar surface area (TPSA) is 9.23 Å². The lowest BCUT2D eigenvalue weighted by Crippen LogP contribution is -1.94. The van der Waals surface area contributed by atoms with E-state index in [2.05, 4.69) is 23.7 Å². The second-order valence-corrected chi connectivity index (χ2v) is 7.51. The third-order valence-corrected chi connectivity index (χ3v) is 5.08. The fourth-order valence-corrected chi connectivity index (χ4v) is 3.24. The van der Waals surface area contributed by atoms with E-state index in [0.717, 1.165) is 6.07 Å². The molecule has 0 unspecified atom stereocenters. The number of allylic oxidation sites excluding steroid dienone is 1. The molecule has 0 radical (unpaired) electrons. The monoisotopic (exact) mass is 470 g/mol. The van der Waals surface area contributed by atoms with Crippen molar-refractivity contribution in [1.29, 1.82) is 0 Å². The second kappa shape index (κ2) is 10.6. The Kier molecular flexibility index (Phi) is 7.19. The largest absolute Gasteiger partial charge is 0.489 e. The maximum Gasteiger partial charge on any atom is 0.166 e. The second-order valence-electron chi connectivity index (χ2n) is 7.51. The van der Waals surface area contributed by atoms with E-state index >= 15 is 0 Å². The van der Waals surface area contributed by atoms with Crippen LogP contribution in [-0.4, -0.2) is 6.61 Å². The van der Waals surface area contributed by atoms with E-state index < -0.39 is 23.3 Å². The maximum absolute atomic E-state index is 14.6. The van der Waals surface area contributed by atoms with Gasteiger partial charge in [-0.05, 0) is 60.8 Å². The number of rotatable bonds is 3. The lowest BCUT2D eigenvalue weighted by molar-refractivity contribution is 0.360. The van der Waals surface area contributed by atoms with Crippen LogP contribution in [0.3, 0.4) is 0 Å². The number of hydrogen-bond acceptors (Lipinski definition) is 1. The summed E-state index contributed by atoms with van der Waals surface area (Å²) in [6.45, 7) is 2.21. The van der Waals surface area contributed by atoms with Crippen LogP contribution in [0.4, 0.5) is 17.6 Å². The minimum Gasteiger partial charge on any atom is -0.489 e. The zero-order chi connectivity index (χ0) is 24.8. The predicted molar refractivity (Wildman–Crippen MR) is 129 cm³/mol. The van der Waals surface area contributed by atoms with Gasteiger partial charge in [-0.3, -0.25) is 0 Å². The summed E-state index contributed by atoms with van der Waals surface area (Å²) in [4.78, 5) is 0. The molecule has 0 aliphatic heterocycles. The quantitative estimate of drug-likeness (QED) is 0.176. The van der Waals surface area contributed by atoms with Gasteiger partial charge in [0.2, 0.25) is 0 Å². The Morgan fingerprint density at radius 1 is 0.686 bits per heavy atom. The Bertz CT molecular complexity index is 1560. The molecule has 172 valence electrons. The molecule has 0 amide bonds. The highest BCUT2D eigenvalue weighted by Gasteiger charge is 2.07. The Labute approximate surface area is 200 Å². The molecule has 0 fully saturated rings.